The van der Waals surface area contributed by atoms with E-state index in [9.17, 15) is 0 Å². The van der Waals surface area contributed by atoms with Crippen molar-refractivity contribution in [3.63, 3.8) is 0 Å². The van der Waals surface area contributed by atoms with Crippen molar-refractivity contribution in [3.05, 3.63) is 27.3 Å². The second kappa shape index (κ2) is 6.70. The van der Waals surface area contributed by atoms with Crippen LogP contribution in [0.15, 0.2) is 18.2 Å². The summed E-state index contributed by atoms with van der Waals surface area (Å²) in [6.07, 6.45) is 6.50. The van der Waals surface area contributed by atoms with E-state index in [2.05, 4.69) is 58.3 Å². The van der Waals surface area contributed by atoms with Gasteiger partial charge in [0.25, 0.3) is 0 Å². The van der Waals surface area contributed by atoms with Gasteiger partial charge in [-0.15, -0.1) is 0 Å². The molecule has 0 atom stereocenters. The van der Waals surface area contributed by atoms with E-state index in [0.717, 1.165) is 10.8 Å². The minimum Gasteiger partial charge on any atom is -0.360 e. The lowest BCUT2D eigenvalue weighted by Crippen LogP contribution is -2.38. The predicted molar refractivity (Wildman–Crippen MR) is 90.1 cm³/mol. The van der Waals surface area contributed by atoms with Gasteiger partial charge >= 0.3 is 0 Å². The Morgan fingerprint density at radius 3 is 2.67 bits per heavy atom. The Bertz CT molecular complexity index is 428. The SMILES string of the molecule is Cc1ccc(NC(=S)NC2CCCCC2)cc1I. The van der Waals surface area contributed by atoms with Crippen LogP contribution in [0.4, 0.5) is 5.69 Å². The van der Waals surface area contributed by atoms with Crippen molar-refractivity contribution < 1.29 is 0 Å². The maximum atomic E-state index is 5.37. The third-order valence-corrected chi connectivity index (χ3v) is 4.75. The van der Waals surface area contributed by atoms with E-state index in [1.165, 1.54) is 41.2 Å². The van der Waals surface area contributed by atoms with Gasteiger partial charge in [-0.05, 0) is 72.3 Å². The first kappa shape index (κ1) is 14.1. The van der Waals surface area contributed by atoms with Crippen molar-refractivity contribution in [2.45, 2.75) is 45.1 Å². The Morgan fingerprint density at radius 2 is 2.00 bits per heavy atom. The molecule has 18 heavy (non-hydrogen) atoms. The maximum absolute atomic E-state index is 5.37. The molecule has 0 radical (unpaired) electrons. The zero-order valence-corrected chi connectivity index (χ0v) is 13.6. The molecule has 1 fully saturated rings. The molecule has 0 unspecified atom stereocenters. The molecule has 1 aliphatic rings. The Labute approximate surface area is 128 Å². The van der Waals surface area contributed by atoms with Gasteiger partial charge < -0.3 is 10.6 Å². The lowest BCUT2D eigenvalue weighted by Gasteiger charge is -2.24. The molecule has 2 rings (SSSR count). The van der Waals surface area contributed by atoms with Crippen LogP contribution in [0.1, 0.15) is 37.7 Å². The molecular formula is C14H19IN2S. The largest absolute Gasteiger partial charge is 0.360 e. The number of benzene rings is 1. The fourth-order valence-electron chi connectivity index (χ4n) is 2.27. The highest BCUT2D eigenvalue weighted by Gasteiger charge is 2.13. The van der Waals surface area contributed by atoms with Crippen LogP contribution in [0, 0.1) is 10.5 Å². The molecule has 2 nitrogen and oxygen atoms in total. The van der Waals surface area contributed by atoms with Gasteiger partial charge in [-0.25, -0.2) is 0 Å². The van der Waals surface area contributed by atoms with Gasteiger partial charge in [0.15, 0.2) is 5.11 Å². The molecule has 0 aliphatic heterocycles. The van der Waals surface area contributed by atoms with Crippen LogP contribution < -0.4 is 10.6 Å². The molecule has 0 bridgehead atoms. The summed E-state index contributed by atoms with van der Waals surface area (Å²) in [7, 11) is 0. The second-order valence-electron chi connectivity index (χ2n) is 4.90. The van der Waals surface area contributed by atoms with Gasteiger partial charge in [0.2, 0.25) is 0 Å². The van der Waals surface area contributed by atoms with Gasteiger partial charge in [-0.3, -0.25) is 0 Å². The molecule has 0 spiro atoms. The van der Waals surface area contributed by atoms with E-state index in [0.29, 0.717) is 6.04 Å². The lowest BCUT2D eigenvalue weighted by molar-refractivity contribution is 0.415. The number of aryl methyl sites for hydroxylation is 1. The van der Waals surface area contributed by atoms with Crippen molar-refractivity contribution in [1.29, 1.82) is 0 Å². The van der Waals surface area contributed by atoms with Crippen LogP contribution in [0.2, 0.25) is 0 Å². The van der Waals surface area contributed by atoms with Crippen LogP contribution in [0.25, 0.3) is 0 Å². The minimum atomic E-state index is 0.559. The first-order valence-corrected chi connectivity index (χ1v) is 7.97. The fourth-order valence-corrected chi connectivity index (χ4v) is 3.07. The van der Waals surface area contributed by atoms with Crippen molar-refractivity contribution in [2.24, 2.45) is 0 Å². The maximum Gasteiger partial charge on any atom is 0.170 e. The summed E-state index contributed by atoms with van der Waals surface area (Å²) in [5.74, 6) is 0. The summed E-state index contributed by atoms with van der Waals surface area (Å²) >= 11 is 7.72. The van der Waals surface area contributed by atoms with Gasteiger partial charge in [0, 0.05) is 15.3 Å². The summed E-state index contributed by atoms with van der Waals surface area (Å²) in [6.45, 7) is 2.12. The molecule has 1 aromatic carbocycles. The quantitative estimate of drug-likeness (QED) is 0.599. The number of anilines is 1. The summed E-state index contributed by atoms with van der Waals surface area (Å²) in [5.41, 5.74) is 2.37. The molecule has 0 amide bonds. The zero-order valence-electron chi connectivity index (χ0n) is 10.6. The monoisotopic (exact) mass is 374 g/mol. The fraction of sp³-hybridized carbons (Fsp3) is 0.500. The van der Waals surface area contributed by atoms with Crippen molar-refractivity contribution in [2.75, 3.05) is 5.32 Å². The predicted octanol–water partition coefficient (Wildman–Crippen LogP) is 4.22. The van der Waals surface area contributed by atoms with Crippen molar-refractivity contribution >= 4 is 45.6 Å². The molecule has 4 heteroatoms. The summed E-state index contributed by atoms with van der Waals surface area (Å²) in [5, 5.41) is 7.44. The smallest absolute Gasteiger partial charge is 0.170 e. The third-order valence-electron chi connectivity index (χ3n) is 3.37. The highest BCUT2D eigenvalue weighted by atomic mass is 127. The minimum absolute atomic E-state index is 0.559. The van der Waals surface area contributed by atoms with E-state index < -0.39 is 0 Å². The Hall–Kier alpha value is -0.360. The van der Waals surface area contributed by atoms with Crippen LogP contribution in [-0.4, -0.2) is 11.2 Å². The number of thiocarbonyl (C=S) groups is 1. The Balaban J connectivity index is 1.88. The highest BCUT2D eigenvalue weighted by Crippen LogP contribution is 2.19. The molecule has 1 aliphatic carbocycles. The van der Waals surface area contributed by atoms with E-state index >= 15 is 0 Å². The lowest BCUT2D eigenvalue weighted by atomic mass is 9.96. The van der Waals surface area contributed by atoms with E-state index in [4.69, 9.17) is 12.2 Å². The average molecular weight is 374 g/mol. The number of hydrogen-bond donors (Lipinski definition) is 2. The van der Waals surface area contributed by atoms with Gasteiger partial charge in [-0.1, -0.05) is 25.3 Å². The van der Waals surface area contributed by atoms with Crippen molar-refractivity contribution in [3.8, 4) is 0 Å². The van der Waals surface area contributed by atoms with Crippen LogP contribution >= 0.6 is 34.8 Å². The Kier molecular flexibility index (Phi) is 5.24. The summed E-state index contributed by atoms with van der Waals surface area (Å²) in [6, 6.07) is 6.88. The number of hydrogen-bond acceptors (Lipinski definition) is 1. The van der Waals surface area contributed by atoms with E-state index in [-0.39, 0.29) is 0 Å². The molecule has 2 N–H and O–H groups in total. The van der Waals surface area contributed by atoms with E-state index in [1.54, 1.807) is 0 Å². The summed E-state index contributed by atoms with van der Waals surface area (Å²) in [4.78, 5) is 0. The number of rotatable bonds is 2. The van der Waals surface area contributed by atoms with Crippen molar-refractivity contribution in [1.82, 2.24) is 5.32 Å². The molecular weight excluding hydrogens is 355 g/mol. The molecule has 1 aromatic rings. The highest BCUT2D eigenvalue weighted by molar-refractivity contribution is 14.1. The van der Waals surface area contributed by atoms with Gasteiger partial charge in [-0.2, -0.15) is 0 Å². The zero-order chi connectivity index (χ0) is 13.0. The molecule has 0 aromatic heterocycles. The first-order valence-electron chi connectivity index (χ1n) is 6.49. The third kappa shape index (κ3) is 4.09. The molecule has 0 heterocycles. The standard InChI is InChI=1S/C14H19IN2S/c1-10-7-8-12(9-13(10)15)17-14(18)16-11-5-3-2-4-6-11/h7-9,11H,2-6H2,1H3,(H2,16,17,18). The number of nitrogens with one attached hydrogen (secondary N) is 2. The first-order chi connectivity index (χ1) is 8.65. The number of halogens is 1. The van der Waals surface area contributed by atoms with Gasteiger partial charge in [0.05, 0.1) is 0 Å². The average Bonchev–Trinajstić information content (AvgIpc) is 2.35. The molecule has 1 saturated carbocycles. The van der Waals surface area contributed by atoms with Crippen LogP contribution in [0.5, 0.6) is 0 Å². The second-order valence-corrected chi connectivity index (χ2v) is 6.47. The van der Waals surface area contributed by atoms with Gasteiger partial charge in [0.1, 0.15) is 0 Å². The van der Waals surface area contributed by atoms with E-state index in [1.807, 2.05) is 0 Å². The topological polar surface area (TPSA) is 24.1 Å². The Morgan fingerprint density at radius 1 is 1.28 bits per heavy atom. The normalized spacial score (nSPS) is 16.3. The summed E-state index contributed by atoms with van der Waals surface area (Å²) < 4.78 is 1.26. The molecule has 98 valence electrons. The van der Waals surface area contributed by atoms with Crippen LogP contribution in [0.3, 0.4) is 0 Å². The van der Waals surface area contributed by atoms with Crippen LogP contribution in [-0.2, 0) is 0 Å². The molecule has 0 saturated heterocycles.